The van der Waals surface area contributed by atoms with Crippen molar-refractivity contribution in [3.63, 3.8) is 0 Å². The highest BCUT2D eigenvalue weighted by Crippen LogP contribution is 2.27. The number of carboxylic acid groups (broad SMARTS) is 1. The summed E-state index contributed by atoms with van der Waals surface area (Å²) in [5, 5.41) is 19.0. The van der Waals surface area contributed by atoms with Crippen molar-refractivity contribution in [3.8, 4) is 0 Å². The van der Waals surface area contributed by atoms with Crippen LogP contribution >= 0.6 is 15.9 Å². The minimum Gasteiger partial charge on any atom is -0.478 e. The lowest BCUT2D eigenvalue weighted by Crippen LogP contribution is -1.96. The number of hydrogen-bond donors (Lipinski definition) is 1. The van der Waals surface area contributed by atoms with Crippen molar-refractivity contribution >= 4 is 33.7 Å². The van der Waals surface area contributed by atoms with Gasteiger partial charge in [0.1, 0.15) is 5.69 Å². The summed E-state index contributed by atoms with van der Waals surface area (Å²) in [6, 6.07) is 1.41. The van der Waals surface area contributed by atoms with Crippen LogP contribution in [0.25, 0.3) is 6.08 Å². The smallest absolute Gasteiger partial charge is 0.328 e. The summed E-state index contributed by atoms with van der Waals surface area (Å²) in [4.78, 5) is 24.0. The molecule has 0 aliphatic carbocycles. The Morgan fingerprint density at radius 1 is 1.67 bits per heavy atom. The molecule has 0 amide bonds. The molecule has 1 aromatic heterocycles. The monoisotopic (exact) mass is 272 g/mol. The number of nitrogens with zero attached hydrogens (tertiary/aromatic N) is 2. The predicted molar refractivity (Wildman–Crippen MR) is 55.3 cm³/mol. The Labute approximate surface area is 92.5 Å². The minimum absolute atomic E-state index is 0.00299. The van der Waals surface area contributed by atoms with Gasteiger partial charge in [-0.05, 0) is 28.1 Å². The van der Waals surface area contributed by atoms with Gasteiger partial charge in [-0.2, -0.15) is 0 Å². The quantitative estimate of drug-likeness (QED) is 0.515. The molecule has 0 unspecified atom stereocenters. The lowest BCUT2D eigenvalue weighted by Gasteiger charge is -1.97. The molecule has 15 heavy (non-hydrogen) atoms. The van der Waals surface area contributed by atoms with Gasteiger partial charge >= 0.3 is 11.7 Å². The third-order valence-corrected chi connectivity index (χ3v) is 2.11. The Hall–Kier alpha value is -1.76. The average molecular weight is 273 g/mol. The molecule has 0 spiro atoms. The molecule has 1 N–H and O–H groups in total. The lowest BCUT2D eigenvalue weighted by atomic mass is 10.3. The molecule has 0 fully saturated rings. The Morgan fingerprint density at radius 3 is 2.87 bits per heavy atom. The molecule has 1 heterocycles. The van der Waals surface area contributed by atoms with Gasteiger partial charge in [0.25, 0.3) is 0 Å². The molecule has 1 aromatic rings. The highest BCUT2D eigenvalue weighted by Gasteiger charge is 2.17. The van der Waals surface area contributed by atoms with Crippen LogP contribution < -0.4 is 0 Å². The molecule has 0 aliphatic rings. The van der Waals surface area contributed by atoms with Crippen LogP contribution in [-0.4, -0.2) is 21.0 Å². The normalized spacial score (nSPS) is 10.5. The van der Waals surface area contributed by atoms with E-state index in [2.05, 4.69) is 20.9 Å². The molecule has 0 saturated heterocycles. The first kappa shape index (κ1) is 11.3. The summed E-state index contributed by atoms with van der Waals surface area (Å²) >= 11 is 2.99. The van der Waals surface area contributed by atoms with Gasteiger partial charge in [-0.1, -0.05) is 0 Å². The fourth-order valence-corrected chi connectivity index (χ4v) is 1.36. The van der Waals surface area contributed by atoms with Crippen LogP contribution in [0.15, 0.2) is 22.8 Å². The zero-order valence-electron chi connectivity index (χ0n) is 7.25. The third-order valence-electron chi connectivity index (χ3n) is 1.47. The van der Waals surface area contributed by atoms with Gasteiger partial charge in [0, 0.05) is 12.3 Å². The van der Waals surface area contributed by atoms with Gasteiger partial charge < -0.3 is 5.11 Å². The van der Waals surface area contributed by atoms with Crippen LogP contribution in [0, 0.1) is 10.1 Å². The van der Waals surface area contributed by atoms with E-state index in [0.717, 1.165) is 12.2 Å². The molecule has 0 aliphatic heterocycles. The van der Waals surface area contributed by atoms with Crippen molar-refractivity contribution < 1.29 is 14.8 Å². The first-order valence-electron chi connectivity index (χ1n) is 3.72. The number of halogens is 1. The molecule has 1 rings (SSSR count). The van der Waals surface area contributed by atoms with E-state index in [1.807, 2.05) is 0 Å². The van der Waals surface area contributed by atoms with E-state index in [-0.39, 0.29) is 15.9 Å². The number of pyridine rings is 1. The second-order valence-electron chi connectivity index (χ2n) is 2.46. The summed E-state index contributed by atoms with van der Waals surface area (Å²) in [6.07, 6.45) is 3.21. The fourth-order valence-electron chi connectivity index (χ4n) is 0.898. The van der Waals surface area contributed by atoms with Crippen molar-refractivity contribution in [1.29, 1.82) is 0 Å². The zero-order chi connectivity index (χ0) is 11.4. The summed E-state index contributed by atoms with van der Waals surface area (Å²) < 4.78 is 0.257. The number of nitro groups is 1. The first-order valence-corrected chi connectivity index (χ1v) is 4.51. The van der Waals surface area contributed by atoms with Gasteiger partial charge in [-0.15, -0.1) is 0 Å². The Balaban J connectivity index is 3.23. The van der Waals surface area contributed by atoms with E-state index in [0.29, 0.717) is 0 Å². The summed E-state index contributed by atoms with van der Waals surface area (Å²) in [5.41, 5.74) is -0.258. The molecule has 78 valence electrons. The zero-order valence-corrected chi connectivity index (χ0v) is 8.84. The van der Waals surface area contributed by atoms with Crippen LogP contribution in [0.4, 0.5) is 5.69 Å². The van der Waals surface area contributed by atoms with Gasteiger partial charge in [0.15, 0.2) is 0 Å². The van der Waals surface area contributed by atoms with Crippen LogP contribution in [0.3, 0.4) is 0 Å². The molecule has 7 heteroatoms. The molecule has 0 saturated carbocycles. The van der Waals surface area contributed by atoms with Crippen LogP contribution in [0.5, 0.6) is 0 Å². The molecule has 0 atom stereocenters. The van der Waals surface area contributed by atoms with Gasteiger partial charge in [0.05, 0.1) is 9.40 Å². The van der Waals surface area contributed by atoms with Crippen molar-refractivity contribution in [1.82, 2.24) is 4.98 Å². The van der Waals surface area contributed by atoms with Gasteiger partial charge in [-0.3, -0.25) is 10.1 Å². The molecule has 0 bridgehead atoms. The lowest BCUT2D eigenvalue weighted by molar-refractivity contribution is -0.386. The topological polar surface area (TPSA) is 93.3 Å². The SMILES string of the molecule is O=C(O)/C=C/c1nccc(Br)c1[N+](=O)[O-]. The molecule has 6 nitrogen and oxygen atoms in total. The van der Waals surface area contributed by atoms with E-state index < -0.39 is 10.9 Å². The molecular formula is C8H5BrN2O4. The maximum Gasteiger partial charge on any atom is 0.328 e. The van der Waals surface area contributed by atoms with E-state index in [1.165, 1.54) is 12.3 Å². The number of carbonyl (C=O) groups is 1. The van der Waals surface area contributed by atoms with E-state index >= 15 is 0 Å². The average Bonchev–Trinajstić information content (AvgIpc) is 2.13. The third kappa shape index (κ3) is 2.84. The van der Waals surface area contributed by atoms with Crippen LogP contribution in [0.1, 0.15) is 5.69 Å². The van der Waals surface area contributed by atoms with Crippen LogP contribution in [0.2, 0.25) is 0 Å². The van der Waals surface area contributed by atoms with Crippen LogP contribution in [-0.2, 0) is 4.79 Å². The van der Waals surface area contributed by atoms with E-state index in [4.69, 9.17) is 5.11 Å². The van der Waals surface area contributed by atoms with E-state index in [1.54, 1.807) is 0 Å². The van der Waals surface area contributed by atoms with Crippen molar-refractivity contribution in [2.45, 2.75) is 0 Å². The molecule has 0 aromatic carbocycles. The standard InChI is InChI=1S/C8H5BrN2O4/c9-5-3-4-10-6(1-2-7(12)13)8(5)11(14)15/h1-4H,(H,12,13)/b2-1+. The molecule has 0 radical (unpaired) electrons. The largest absolute Gasteiger partial charge is 0.478 e. The minimum atomic E-state index is -1.19. The Kier molecular flexibility index (Phi) is 3.51. The number of hydrogen-bond acceptors (Lipinski definition) is 4. The highest BCUT2D eigenvalue weighted by molar-refractivity contribution is 9.10. The van der Waals surface area contributed by atoms with Crippen molar-refractivity contribution in [2.75, 3.05) is 0 Å². The maximum absolute atomic E-state index is 10.6. The van der Waals surface area contributed by atoms with Gasteiger partial charge in [-0.25, -0.2) is 9.78 Å². The van der Waals surface area contributed by atoms with E-state index in [9.17, 15) is 14.9 Å². The Bertz CT molecular complexity index is 444. The maximum atomic E-state index is 10.6. The first-order chi connectivity index (χ1) is 7.02. The predicted octanol–water partition coefficient (Wildman–Crippen LogP) is 1.85. The molecular weight excluding hydrogens is 268 g/mol. The second-order valence-corrected chi connectivity index (χ2v) is 3.31. The summed E-state index contributed by atoms with van der Waals surface area (Å²) in [7, 11) is 0. The van der Waals surface area contributed by atoms with Gasteiger partial charge in [0.2, 0.25) is 0 Å². The Morgan fingerprint density at radius 2 is 2.33 bits per heavy atom. The number of aromatic nitrogens is 1. The second kappa shape index (κ2) is 4.65. The summed E-state index contributed by atoms with van der Waals surface area (Å²) in [5.74, 6) is -1.19. The van der Waals surface area contributed by atoms with Crippen molar-refractivity contribution in [3.05, 3.63) is 38.6 Å². The fraction of sp³-hybridized carbons (Fsp3) is 0. The number of carboxylic acids is 1. The number of rotatable bonds is 3. The number of aliphatic carboxylic acids is 1. The van der Waals surface area contributed by atoms with Crippen molar-refractivity contribution in [2.24, 2.45) is 0 Å². The highest BCUT2D eigenvalue weighted by atomic mass is 79.9. The summed E-state index contributed by atoms with van der Waals surface area (Å²) in [6.45, 7) is 0.